The lowest BCUT2D eigenvalue weighted by molar-refractivity contribution is 0.234. The molecule has 0 spiro atoms. The summed E-state index contributed by atoms with van der Waals surface area (Å²) in [6, 6.07) is 0. The highest BCUT2D eigenvalue weighted by Gasteiger charge is 1.80. The number of methoxy groups -OCH3 is 1. The van der Waals surface area contributed by atoms with Gasteiger partial charge in [-0.15, -0.1) is 0 Å². The summed E-state index contributed by atoms with van der Waals surface area (Å²) >= 11 is 0. The fraction of sp³-hybridized carbons (Fsp3) is 0.600. The Morgan fingerprint density at radius 1 is 1.17 bits per heavy atom. The minimum Gasteiger partial charge on any atom is -0.396 e. The quantitative estimate of drug-likeness (QED) is 0.467. The summed E-state index contributed by atoms with van der Waals surface area (Å²) in [7, 11) is 1.68. The fourth-order valence-electron chi connectivity index (χ4n) is 0.779. The summed E-state index contributed by atoms with van der Waals surface area (Å²) in [5.74, 6) is 0. The molecule has 0 bridgehead atoms. The van der Waals surface area contributed by atoms with Crippen molar-refractivity contribution >= 4 is 0 Å². The van der Waals surface area contributed by atoms with Crippen LogP contribution < -0.4 is 0 Å². The Bertz CT molecular complexity index is 128. The summed E-state index contributed by atoms with van der Waals surface area (Å²) in [5, 5.41) is 8.48. The number of hydrogen-bond acceptors (Lipinski definition) is 2. The smallest absolute Gasteiger partial charge is 0.0646 e. The molecule has 0 amide bonds. The van der Waals surface area contributed by atoms with E-state index in [1.165, 1.54) is 0 Å². The second-order valence-corrected chi connectivity index (χ2v) is 2.53. The molecule has 0 saturated carbocycles. The Morgan fingerprint density at radius 2 is 1.92 bits per heavy atom. The predicted molar refractivity (Wildman–Crippen MR) is 51.1 cm³/mol. The SMILES string of the molecule is COC/C=C\C=C/CCCCO. The van der Waals surface area contributed by atoms with Crippen LogP contribution in [0.1, 0.15) is 19.3 Å². The molecule has 0 radical (unpaired) electrons. The molecule has 2 nitrogen and oxygen atoms in total. The number of ether oxygens (including phenoxy) is 1. The van der Waals surface area contributed by atoms with Gasteiger partial charge in [0.25, 0.3) is 0 Å². The zero-order chi connectivity index (χ0) is 9.07. The van der Waals surface area contributed by atoms with Crippen LogP contribution in [0.3, 0.4) is 0 Å². The molecule has 0 unspecified atom stereocenters. The first-order valence-corrected chi connectivity index (χ1v) is 4.33. The van der Waals surface area contributed by atoms with Gasteiger partial charge in [-0.1, -0.05) is 24.3 Å². The average molecular weight is 170 g/mol. The van der Waals surface area contributed by atoms with Gasteiger partial charge in [0.05, 0.1) is 6.61 Å². The minimum atomic E-state index is 0.299. The van der Waals surface area contributed by atoms with Gasteiger partial charge in [-0.25, -0.2) is 0 Å². The van der Waals surface area contributed by atoms with E-state index >= 15 is 0 Å². The van der Waals surface area contributed by atoms with Crippen molar-refractivity contribution in [1.29, 1.82) is 0 Å². The highest BCUT2D eigenvalue weighted by atomic mass is 16.5. The molecule has 0 aliphatic rings. The Balaban J connectivity index is 3.13. The third-order valence-corrected chi connectivity index (χ3v) is 1.43. The number of hydrogen-bond donors (Lipinski definition) is 1. The van der Waals surface area contributed by atoms with E-state index < -0.39 is 0 Å². The van der Waals surface area contributed by atoms with E-state index in [2.05, 4.69) is 6.08 Å². The summed E-state index contributed by atoms with van der Waals surface area (Å²) in [6.45, 7) is 0.967. The lowest BCUT2D eigenvalue weighted by Crippen LogP contribution is -1.80. The Kier molecular flexibility index (Phi) is 9.88. The lowest BCUT2D eigenvalue weighted by Gasteiger charge is -1.89. The van der Waals surface area contributed by atoms with Crippen molar-refractivity contribution in [3.05, 3.63) is 24.3 Å². The standard InChI is InChI=1S/C10H18O2/c1-12-10-8-6-4-2-3-5-7-9-11/h2,4,6,8,11H,3,5,7,9-10H2,1H3/b4-2-,8-6-. The largest absolute Gasteiger partial charge is 0.396 e. The fourth-order valence-corrected chi connectivity index (χ4v) is 0.779. The minimum absolute atomic E-state index is 0.299. The van der Waals surface area contributed by atoms with E-state index in [0.717, 1.165) is 19.3 Å². The summed E-state index contributed by atoms with van der Waals surface area (Å²) in [5.41, 5.74) is 0. The van der Waals surface area contributed by atoms with Crippen LogP contribution in [-0.4, -0.2) is 25.4 Å². The first-order valence-electron chi connectivity index (χ1n) is 4.33. The zero-order valence-electron chi connectivity index (χ0n) is 7.70. The van der Waals surface area contributed by atoms with Crippen molar-refractivity contribution in [1.82, 2.24) is 0 Å². The molecule has 0 aromatic heterocycles. The molecule has 0 aliphatic heterocycles. The van der Waals surface area contributed by atoms with Gasteiger partial charge in [0.1, 0.15) is 0 Å². The monoisotopic (exact) mass is 170 g/mol. The molecule has 12 heavy (non-hydrogen) atoms. The van der Waals surface area contributed by atoms with Crippen molar-refractivity contribution < 1.29 is 9.84 Å². The van der Waals surface area contributed by atoms with Gasteiger partial charge >= 0.3 is 0 Å². The lowest BCUT2D eigenvalue weighted by atomic mass is 10.2. The second-order valence-electron chi connectivity index (χ2n) is 2.53. The van der Waals surface area contributed by atoms with Crippen LogP contribution in [0.2, 0.25) is 0 Å². The zero-order valence-corrected chi connectivity index (χ0v) is 7.70. The topological polar surface area (TPSA) is 29.5 Å². The highest BCUT2D eigenvalue weighted by molar-refractivity contribution is 5.02. The van der Waals surface area contributed by atoms with E-state index in [1.54, 1.807) is 7.11 Å². The molecule has 70 valence electrons. The summed E-state index contributed by atoms with van der Waals surface area (Å²) in [4.78, 5) is 0. The number of rotatable bonds is 7. The maximum atomic E-state index is 8.48. The van der Waals surface area contributed by atoms with Crippen LogP contribution >= 0.6 is 0 Å². The molecule has 0 atom stereocenters. The number of aliphatic hydroxyl groups excluding tert-OH is 1. The van der Waals surface area contributed by atoms with Crippen LogP contribution in [0, 0.1) is 0 Å². The molecule has 0 aromatic carbocycles. The van der Waals surface area contributed by atoms with E-state index in [-0.39, 0.29) is 0 Å². The third-order valence-electron chi connectivity index (χ3n) is 1.43. The van der Waals surface area contributed by atoms with Gasteiger partial charge in [-0.2, -0.15) is 0 Å². The van der Waals surface area contributed by atoms with Gasteiger partial charge in [-0.3, -0.25) is 0 Å². The van der Waals surface area contributed by atoms with Crippen LogP contribution in [0.5, 0.6) is 0 Å². The Hall–Kier alpha value is -0.600. The molecule has 0 fully saturated rings. The Morgan fingerprint density at radius 3 is 2.58 bits per heavy atom. The first-order chi connectivity index (χ1) is 5.91. The molecular formula is C10H18O2. The average Bonchev–Trinajstić information content (AvgIpc) is 2.10. The van der Waals surface area contributed by atoms with Crippen molar-refractivity contribution in [2.24, 2.45) is 0 Å². The molecule has 1 N–H and O–H groups in total. The van der Waals surface area contributed by atoms with Crippen molar-refractivity contribution in [3.8, 4) is 0 Å². The molecule has 0 aliphatic carbocycles. The first kappa shape index (κ1) is 11.4. The highest BCUT2D eigenvalue weighted by Crippen LogP contribution is 1.95. The van der Waals surface area contributed by atoms with Crippen molar-refractivity contribution in [3.63, 3.8) is 0 Å². The molecular weight excluding hydrogens is 152 g/mol. The van der Waals surface area contributed by atoms with Crippen molar-refractivity contribution in [2.45, 2.75) is 19.3 Å². The van der Waals surface area contributed by atoms with E-state index in [1.807, 2.05) is 18.2 Å². The number of allylic oxidation sites excluding steroid dienone is 3. The number of unbranched alkanes of at least 4 members (excludes halogenated alkanes) is 2. The number of aliphatic hydroxyl groups is 1. The van der Waals surface area contributed by atoms with Crippen LogP contribution in [0.15, 0.2) is 24.3 Å². The van der Waals surface area contributed by atoms with Crippen LogP contribution in [-0.2, 0) is 4.74 Å². The van der Waals surface area contributed by atoms with Gasteiger partial charge in [0.2, 0.25) is 0 Å². The van der Waals surface area contributed by atoms with Crippen molar-refractivity contribution in [2.75, 3.05) is 20.3 Å². The van der Waals surface area contributed by atoms with Gasteiger partial charge in [0, 0.05) is 13.7 Å². The molecule has 0 aromatic rings. The second kappa shape index (κ2) is 10.4. The molecule has 2 heteroatoms. The molecule has 0 rings (SSSR count). The van der Waals surface area contributed by atoms with Gasteiger partial charge in [0.15, 0.2) is 0 Å². The summed E-state index contributed by atoms with van der Waals surface area (Å²) < 4.78 is 4.83. The normalized spacial score (nSPS) is 11.8. The van der Waals surface area contributed by atoms with Crippen LogP contribution in [0.25, 0.3) is 0 Å². The predicted octanol–water partition coefficient (Wildman–Crippen LogP) is 1.91. The molecule has 0 saturated heterocycles. The van der Waals surface area contributed by atoms with Crippen LogP contribution in [0.4, 0.5) is 0 Å². The van der Waals surface area contributed by atoms with E-state index in [4.69, 9.17) is 9.84 Å². The molecule has 0 heterocycles. The Labute approximate surface area is 74.6 Å². The third kappa shape index (κ3) is 9.40. The summed E-state index contributed by atoms with van der Waals surface area (Å²) in [6.07, 6.45) is 11.0. The van der Waals surface area contributed by atoms with E-state index in [0.29, 0.717) is 13.2 Å². The van der Waals surface area contributed by atoms with E-state index in [9.17, 15) is 0 Å². The maximum Gasteiger partial charge on any atom is 0.0646 e. The van der Waals surface area contributed by atoms with Gasteiger partial charge < -0.3 is 9.84 Å². The van der Waals surface area contributed by atoms with Gasteiger partial charge in [-0.05, 0) is 19.3 Å². The maximum absolute atomic E-state index is 8.48.